The van der Waals surface area contributed by atoms with Crippen LogP contribution in [0.5, 0.6) is 0 Å². The van der Waals surface area contributed by atoms with Gasteiger partial charge in [0.1, 0.15) is 0 Å². The second-order valence-electron chi connectivity index (χ2n) is 10.2. The Kier molecular flexibility index (Phi) is 11.4. The summed E-state index contributed by atoms with van der Waals surface area (Å²) in [5, 5.41) is 5.64. The van der Waals surface area contributed by atoms with Crippen molar-refractivity contribution in [1.29, 1.82) is 0 Å². The maximum absolute atomic E-state index is 4.93. The van der Waals surface area contributed by atoms with Crippen molar-refractivity contribution in [2.45, 2.75) is 52.9 Å². The zero-order valence-corrected chi connectivity index (χ0v) is 28.1. The molecule has 1 aliphatic rings. The van der Waals surface area contributed by atoms with Crippen molar-refractivity contribution in [2.75, 3.05) is 0 Å². The summed E-state index contributed by atoms with van der Waals surface area (Å²) in [5.41, 5.74) is 9.90. The average Bonchev–Trinajstić information content (AvgIpc) is 3.54. The SMILES string of the molecule is CCCCc1cc2c(-c3ccccc3C)c(C(C)C)ccc2[cH-]1.[Cl][Zr+2][Cl].[c-]1cccc2c1[Si]c1ccccc1-2. The van der Waals surface area contributed by atoms with E-state index in [0.717, 1.165) is 9.52 Å². The molecule has 0 atom stereocenters. The standard InChI is InChI=1S/C23H27.C12H7Si.2ClH.Zr/c1-5-6-10-18-14-19-12-13-20(16(2)3)23(22(19)15-18)21-11-8-7-9-17(21)4;1-3-7-11-9(5-1)10-6-2-4-8-12(10)13-11;;;/h7-9,11-16H,5-6,10H2,1-4H3;1-7H;2*1H;/q2*-1;;;+4/p-2. The molecule has 0 spiro atoms. The number of rotatable bonds is 5. The van der Waals surface area contributed by atoms with Gasteiger partial charge in [-0.3, -0.25) is 0 Å². The van der Waals surface area contributed by atoms with E-state index in [9.17, 15) is 0 Å². The third kappa shape index (κ3) is 7.28. The number of unbranched alkanes of at least 4 members (excludes halogenated alkanes) is 1. The van der Waals surface area contributed by atoms with Crippen LogP contribution in [0.3, 0.4) is 0 Å². The maximum atomic E-state index is 4.93. The molecule has 196 valence electrons. The van der Waals surface area contributed by atoms with Crippen LogP contribution in [-0.4, -0.2) is 9.52 Å². The Labute approximate surface area is 255 Å². The zero-order chi connectivity index (χ0) is 27.8. The topological polar surface area (TPSA) is 0 Å². The van der Waals surface area contributed by atoms with E-state index < -0.39 is 20.8 Å². The van der Waals surface area contributed by atoms with Crippen LogP contribution in [0.4, 0.5) is 0 Å². The molecule has 0 unspecified atom stereocenters. The molecule has 0 aromatic heterocycles. The van der Waals surface area contributed by atoms with Crippen molar-refractivity contribution < 1.29 is 20.8 Å². The second-order valence-corrected chi connectivity index (χ2v) is 15.2. The van der Waals surface area contributed by atoms with Gasteiger partial charge < -0.3 is 0 Å². The van der Waals surface area contributed by atoms with Gasteiger partial charge in [0, 0.05) is 0 Å². The summed E-state index contributed by atoms with van der Waals surface area (Å²) in [6.07, 6.45) is 3.71. The second kappa shape index (κ2) is 14.7. The smallest absolute Gasteiger partial charge is 0.0920 e. The Morgan fingerprint density at radius 1 is 0.897 bits per heavy atom. The van der Waals surface area contributed by atoms with E-state index in [2.05, 4.69) is 119 Å². The van der Waals surface area contributed by atoms with Crippen molar-refractivity contribution in [3.8, 4) is 22.3 Å². The minimum absolute atomic E-state index is 0.531. The summed E-state index contributed by atoms with van der Waals surface area (Å²) >= 11 is -0.826. The van der Waals surface area contributed by atoms with Gasteiger partial charge in [-0.1, -0.05) is 104 Å². The molecule has 0 saturated heterocycles. The molecule has 1 heterocycles. The van der Waals surface area contributed by atoms with Gasteiger partial charge in [-0.25, -0.2) is 0 Å². The molecular weight excluding hydrogens is 611 g/mol. The molecular formula is C35H34Cl2SiZr. The first-order valence-electron chi connectivity index (χ1n) is 13.6. The van der Waals surface area contributed by atoms with Crippen LogP contribution in [-0.2, 0) is 27.3 Å². The van der Waals surface area contributed by atoms with Gasteiger partial charge in [0.15, 0.2) is 0 Å². The van der Waals surface area contributed by atoms with Gasteiger partial charge in [-0.05, 0) is 30.4 Å². The predicted molar refractivity (Wildman–Crippen MR) is 170 cm³/mol. The molecule has 39 heavy (non-hydrogen) atoms. The fraction of sp³-hybridized carbons (Fsp3) is 0.229. The van der Waals surface area contributed by atoms with Crippen molar-refractivity contribution >= 4 is 47.7 Å². The fourth-order valence-corrected chi connectivity index (χ4v) is 6.56. The van der Waals surface area contributed by atoms with E-state index in [4.69, 9.17) is 17.0 Å². The van der Waals surface area contributed by atoms with Crippen LogP contribution in [0.15, 0.2) is 91.0 Å². The number of fused-ring (bicyclic) bond motifs is 4. The minimum Gasteiger partial charge on any atom is -0.184 e. The van der Waals surface area contributed by atoms with Gasteiger partial charge in [0.25, 0.3) is 0 Å². The molecule has 0 N–H and O–H groups in total. The Morgan fingerprint density at radius 3 is 2.31 bits per heavy atom. The molecule has 6 rings (SSSR count). The van der Waals surface area contributed by atoms with E-state index in [1.807, 2.05) is 6.07 Å². The van der Waals surface area contributed by atoms with Crippen LogP contribution in [0.25, 0.3) is 33.0 Å². The number of hydrogen-bond donors (Lipinski definition) is 0. The summed E-state index contributed by atoms with van der Waals surface area (Å²) in [6.45, 7) is 9.07. The maximum Gasteiger partial charge on any atom is 0.0920 e. The summed E-state index contributed by atoms with van der Waals surface area (Å²) < 4.78 is 0. The van der Waals surface area contributed by atoms with E-state index in [0.29, 0.717) is 5.92 Å². The number of benzene rings is 4. The molecule has 5 aromatic carbocycles. The molecule has 0 fully saturated rings. The van der Waals surface area contributed by atoms with Crippen molar-refractivity contribution in [3.63, 3.8) is 0 Å². The molecule has 0 amide bonds. The van der Waals surface area contributed by atoms with E-state index in [1.165, 1.54) is 79.4 Å². The number of hydrogen-bond acceptors (Lipinski definition) is 0. The first kappa shape index (κ1) is 30.1. The Balaban J connectivity index is 0.000000184. The first-order valence-corrected chi connectivity index (χ1v) is 20.9. The molecule has 0 bridgehead atoms. The van der Waals surface area contributed by atoms with Gasteiger partial charge in [-0.15, -0.1) is 40.1 Å². The van der Waals surface area contributed by atoms with Crippen LogP contribution in [0, 0.1) is 13.0 Å². The Morgan fingerprint density at radius 2 is 1.59 bits per heavy atom. The van der Waals surface area contributed by atoms with E-state index >= 15 is 0 Å². The van der Waals surface area contributed by atoms with Crippen LogP contribution >= 0.6 is 17.0 Å². The molecule has 1 aliphatic heterocycles. The molecule has 5 aromatic rings. The monoisotopic (exact) mass is 642 g/mol. The zero-order valence-electron chi connectivity index (χ0n) is 23.1. The minimum atomic E-state index is -0.826. The Bertz CT molecular complexity index is 1480. The molecule has 4 heteroatoms. The molecule has 0 saturated carbocycles. The Hall–Kier alpha value is -1.83. The quantitative estimate of drug-likeness (QED) is 0.130. The molecule has 2 radical (unpaired) electrons. The van der Waals surface area contributed by atoms with Crippen molar-refractivity contribution in [2.24, 2.45) is 0 Å². The van der Waals surface area contributed by atoms with Gasteiger partial charge >= 0.3 is 37.9 Å². The first-order chi connectivity index (χ1) is 19.0. The third-order valence-electron chi connectivity index (χ3n) is 7.17. The van der Waals surface area contributed by atoms with Crippen LogP contribution in [0.1, 0.15) is 56.2 Å². The normalized spacial score (nSPS) is 11.2. The average molecular weight is 645 g/mol. The van der Waals surface area contributed by atoms with Gasteiger partial charge in [0.2, 0.25) is 0 Å². The molecule has 0 nitrogen and oxygen atoms in total. The van der Waals surface area contributed by atoms with Gasteiger partial charge in [0.05, 0.1) is 9.52 Å². The van der Waals surface area contributed by atoms with Crippen molar-refractivity contribution in [1.82, 2.24) is 0 Å². The largest absolute Gasteiger partial charge is 0.184 e. The molecule has 0 aliphatic carbocycles. The number of aryl methyl sites for hydroxylation is 2. The van der Waals surface area contributed by atoms with Crippen LogP contribution in [0.2, 0.25) is 0 Å². The van der Waals surface area contributed by atoms with E-state index in [-0.39, 0.29) is 0 Å². The third-order valence-corrected chi connectivity index (χ3v) is 8.54. The number of halogens is 2. The summed E-state index contributed by atoms with van der Waals surface area (Å²) in [4.78, 5) is 0. The summed E-state index contributed by atoms with van der Waals surface area (Å²) in [6, 6.07) is 36.4. The van der Waals surface area contributed by atoms with Crippen molar-refractivity contribution in [3.05, 3.63) is 114 Å². The fourth-order valence-electron chi connectivity index (χ4n) is 5.25. The predicted octanol–water partition coefficient (Wildman–Crippen LogP) is 9.50. The van der Waals surface area contributed by atoms with Gasteiger partial charge in [-0.2, -0.15) is 35.5 Å². The van der Waals surface area contributed by atoms with E-state index in [1.54, 1.807) is 0 Å². The summed E-state index contributed by atoms with van der Waals surface area (Å²) in [7, 11) is 10.7. The summed E-state index contributed by atoms with van der Waals surface area (Å²) in [5.74, 6) is 0.531. The van der Waals surface area contributed by atoms with Crippen LogP contribution < -0.4 is 10.4 Å².